The summed E-state index contributed by atoms with van der Waals surface area (Å²) in [4.78, 5) is 30.7. The molecule has 2 heterocycles. The van der Waals surface area contributed by atoms with Gasteiger partial charge in [0.1, 0.15) is 5.82 Å². The number of carbonyl (C=O) groups is 1. The minimum absolute atomic E-state index is 0. The van der Waals surface area contributed by atoms with E-state index in [2.05, 4.69) is 9.88 Å². The second-order valence-electron chi connectivity index (χ2n) is 7.42. The van der Waals surface area contributed by atoms with Crippen LogP contribution in [0.1, 0.15) is 23.2 Å². The summed E-state index contributed by atoms with van der Waals surface area (Å²) in [5, 5.41) is 0.629. The maximum absolute atomic E-state index is 13.1. The fourth-order valence-electron chi connectivity index (χ4n) is 3.91. The molecule has 1 N–H and O–H groups in total. The van der Waals surface area contributed by atoms with E-state index in [0.717, 1.165) is 31.4 Å². The molecule has 0 radical (unpaired) electrons. The highest BCUT2D eigenvalue weighted by Crippen LogP contribution is 2.22. The summed E-state index contributed by atoms with van der Waals surface area (Å²) in [6.45, 7) is 2.79. The molecule has 0 spiro atoms. The third kappa shape index (κ3) is 4.69. The van der Waals surface area contributed by atoms with Crippen LogP contribution in [-0.4, -0.2) is 39.9 Å². The Balaban J connectivity index is 0.00000256. The molecule has 2 aromatic carbocycles. The van der Waals surface area contributed by atoms with Gasteiger partial charge in [0.25, 0.3) is 5.56 Å². The van der Waals surface area contributed by atoms with Crippen LogP contribution >= 0.6 is 24.6 Å². The van der Waals surface area contributed by atoms with Crippen molar-refractivity contribution in [3.05, 3.63) is 75.0 Å². The Morgan fingerprint density at radius 1 is 1.07 bits per heavy atom. The summed E-state index contributed by atoms with van der Waals surface area (Å²) in [7, 11) is 0. The highest BCUT2D eigenvalue weighted by Gasteiger charge is 2.25. The standard InChI is InChI=1S/C22H22FN3O2S.ClH/c23-17-7-5-15(6-8-17)20(27)16-9-11-25(12-10-16)13-14-26-21(28)18-3-1-2-4-19(18)24-22(26)29;/h1-8,16H,9-14H2,(H,24,29);1H. The first-order chi connectivity index (χ1) is 14.0. The van der Waals surface area contributed by atoms with Crippen LogP contribution in [0.3, 0.4) is 0 Å². The number of likely N-dealkylation sites (tertiary alicyclic amines) is 1. The second-order valence-corrected chi connectivity index (χ2v) is 7.81. The minimum Gasteiger partial charge on any atom is -0.332 e. The van der Waals surface area contributed by atoms with Gasteiger partial charge in [-0.2, -0.15) is 0 Å². The number of Topliss-reactive ketones (excluding diaryl/α,β-unsaturated/α-hetero) is 1. The van der Waals surface area contributed by atoms with Crippen molar-refractivity contribution >= 4 is 41.3 Å². The van der Waals surface area contributed by atoms with E-state index in [1.165, 1.54) is 12.1 Å². The molecule has 8 heteroatoms. The number of nitrogens with zero attached hydrogens (tertiary/aromatic N) is 2. The zero-order chi connectivity index (χ0) is 20.4. The number of ketones is 1. The number of nitrogens with one attached hydrogen (secondary N) is 1. The highest BCUT2D eigenvalue weighted by molar-refractivity contribution is 7.71. The number of halogens is 2. The number of aromatic amines is 1. The lowest BCUT2D eigenvalue weighted by atomic mass is 9.89. The average molecular weight is 448 g/mol. The Bertz CT molecular complexity index is 1150. The number of carbonyl (C=O) groups excluding carboxylic acids is 1. The van der Waals surface area contributed by atoms with Gasteiger partial charge in [0.2, 0.25) is 0 Å². The molecule has 0 unspecified atom stereocenters. The zero-order valence-corrected chi connectivity index (χ0v) is 18.0. The number of hydrogen-bond donors (Lipinski definition) is 1. The quantitative estimate of drug-likeness (QED) is 0.470. The van der Waals surface area contributed by atoms with Crippen molar-refractivity contribution in [2.75, 3.05) is 19.6 Å². The number of fused-ring (bicyclic) bond motifs is 1. The van der Waals surface area contributed by atoms with E-state index in [1.54, 1.807) is 22.8 Å². The number of benzene rings is 2. The second kappa shape index (κ2) is 9.64. The lowest BCUT2D eigenvalue weighted by Gasteiger charge is -2.31. The average Bonchev–Trinajstić information content (AvgIpc) is 2.74. The van der Waals surface area contributed by atoms with Gasteiger partial charge in [0.15, 0.2) is 10.6 Å². The van der Waals surface area contributed by atoms with Crippen LogP contribution in [0.15, 0.2) is 53.3 Å². The smallest absolute Gasteiger partial charge is 0.262 e. The number of H-pyrrole nitrogens is 1. The fraction of sp³-hybridized carbons (Fsp3) is 0.318. The maximum atomic E-state index is 13.1. The molecule has 0 bridgehead atoms. The van der Waals surface area contributed by atoms with E-state index >= 15 is 0 Å². The Kier molecular flexibility index (Phi) is 7.18. The van der Waals surface area contributed by atoms with E-state index in [-0.39, 0.29) is 35.5 Å². The number of piperidine rings is 1. The van der Waals surface area contributed by atoms with Crippen molar-refractivity contribution in [3.8, 4) is 0 Å². The van der Waals surface area contributed by atoms with Crippen LogP contribution in [0.2, 0.25) is 0 Å². The van der Waals surface area contributed by atoms with E-state index in [1.807, 2.05) is 18.2 Å². The van der Waals surface area contributed by atoms with Crippen LogP contribution in [0.5, 0.6) is 0 Å². The Morgan fingerprint density at radius 3 is 2.43 bits per heavy atom. The third-order valence-corrected chi connectivity index (χ3v) is 5.94. The molecule has 4 rings (SSSR count). The van der Waals surface area contributed by atoms with Gasteiger partial charge < -0.3 is 9.88 Å². The van der Waals surface area contributed by atoms with Gasteiger partial charge in [-0.25, -0.2) is 4.39 Å². The molecule has 1 aromatic heterocycles. The summed E-state index contributed by atoms with van der Waals surface area (Å²) in [6, 6.07) is 13.1. The molecule has 0 atom stereocenters. The SMILES string of the molecule is Cl.O=C(c1ccc(F)cc1)C1CCN(CCn2c(=S)[nH]c3ccccc3c2=O)CC1. The van der Waals surface area contributed by atoms with E-state index in [0.29, 0.717) is 28.8 Å². The number of hydrogen-bond acceptors (Lipinski definition) is 4. The number of rotatable bonds is 5. The van der Waals surface area contributed by atoms with Gasteiger partial charge >= 0.3 is 0 Å². The van der Waals surface area contributed by atoms with Crippen molar-refractivity contribution in [3.63, 3.8) is 0 Å². The van der Waals surface area contributed by atoms with Gasteiger partial charge in [-0.3, -0.25) is 14.2 Å². The molecular weight excluding hydrogens is 425 g/mol. The molecule has 158 valence electrons. The monoisotopic (exact) mass is 447 g/mol. The van der Waals surface area contributed by atoms with Crippen LogP contribution in [0.25, 0.3) is 10.9 Å². The molecular formula is C22H23ClFN3O2S. The predicted molar refractivity (Wildman–Crippen MR) is 121 cm³/mol. The van der Waals surface area contributed by atoms with E-state index < -0.39 is 0 Å². The van der Waals surface area contributed by atoms with Gasteiger partial charge in [-0.1, -0.05) is 12.1 Å². The summed E-state index contributed by atoms with van der Waals surface area (Å²) in [5.41, 5.74) is 1.24. The van der Waals surface area contributed by atoms with Gasteiger partial charge in [0, 0.05) is 24.6 Å². The molecule has 0 amide bonds. The largest absolute Gasteiger partial charge is 0.332 e. The Morgan fingerprint density at radius 2 is 1.73 bits per heavy atom. The summed E-state index contributed by atoms with van der Waals surface area (Å²) < 4.78 is 15.1. The van der Waals surface area contributed by atoms with Crippen LogP contribution in [-0.2, 0) is 6.54 Å². The number of para-hydroxylation sites is 1. The zero-order valence-electron chi connectivity index (χ0n) is 16.3. The van der Waals surface area contributed by atoms with Gasteiger partial charge in [0.05, 0.1) is 10.9 Å². The van der Waals surface area contributed by atoms with E-state index in [9.17, 15) is 14.0 Å². The predicted octanol–water partition coefficient (Wildman–Crippen LogP) is 4.21. The molecule has 1 saturated heterocycles. The first-order valence-electron chi connectivity index (χ1n) is 9.77. The molecule has 0 saturated carbocycles. The topological polar surface area (TPSA) is 58.1 Å². The summed E-state index contributed by atoms with van der Waals surface area (Å²) in [6.07, 6.45) is 1.52. The lowest BCUT2D eigenvalue weighted by molar-refractivity contribution is 0.0837. The van der Waals surface area contributed by atoms with Gasteiger partial charge in [-0.15, -0.1) is 12.4 Å². The van der Waals surface area contributed by atoms with Crippen molar-refractivity contribution < 1.29 is 9.18 Å². The fourth-order valence-corrected chi connectivity index (χ4v) is 4.20. The molecule has 0 aliphatic carbocycles. The van der Waals surface area contributed by atoms with Crippen molar-refractivity contribution in [2.45, 2.75) is 19.4 Å². The van der Waals surface area contributed by atoms with Crippen LogP contribution in [0.4, 0.5) is 4.39 Å². The molecule has 30 heavy (non-hydrogen) atoms. The summed E-state index contributed by atoms with van der Waals surface area (Å²) >= 11 is 5.37. The lowest BCUT2D eigenvalue weighted by Crippen LogP contribution is -2.39. The Labute approximate surface area is 184 Å². The van der Waals surface area contributed by atoms with Crippen LogP contribution < -0.4 is 5.56 Å². The maximum Gasteiger partial charge on any atom is 0.262 e. The molecule has 1 aliphatic rings. The normalized spacial score (nSPS) is 15.1. The molecule has 1 fully saturated rings. The van der Waals surface area contributed by atoms with Crippen molar-refractivity contribution in [2.24, 2.45) is 5.92 Å². The Hall–Kier alpha value is -2.35. The minimum atomic E-state index is -0.335. The van der Waals surface area contributed by atoms with Gasteiger partial charge in [-0.05, 0) is 74.5 Å². The number of aromatic nitrogens is 2. The molecule has 1 aliphatic heterocycles. The first-order valence-corrected chi connectivity index (χ1v) is 10.2. The highest BCUT2D eigenvalue weighted by atomic mass is 35.5. The third-order valence-electron chi connectivity index (χ3n) is 5.62. The molecule has 5 nitrogen and oxygen atoms in total. The van der Waals surface area contributed by atoms with Crippen molar-refractivity contribution in [1.82, 2.24) is 14.5 Å². The molecule has 3 aromatic rings. The van der Waals surface area contributed by atoms with E-state index in [4.69, 9.17) is 12.2 Å². The van der Waals surface area contributed by atoms with Crippen molar-refractivity contribution in [1.29, 1.82) is 0 Å². The first kappa shape index (κ1) is 22.3. The van der Waals surface area contributed by atoms with Crippen LogP contribution in [0, 0.1) is 16.5 Å². The summed E-state index contributed by atoms with van der Waals surface area (Å²) in [5.74, 6) is -0.292.